The second-order valence-electron chi connectivity index (χ2n) is 4.89. The quantitative estimate of drug-likeness (QED) is 0.912. The fraction of sp³-hybridized carbons (Fsp3) is 0.312. The maximum atomic E-state index is 11.5. The highest BCUT2D eigenvalue weighted by atomic mass is 16.4. The number of hydrogen-bond donors (Lipinski definition) is 1. The average Bonchev–Trinajstić information content (AvgIpc) is 2.66. The van der Waals surface area contributed by atoms with Crippen LogP contribution in [-0.2, 0) is 13.0 Å². The molecule has 0 aliphatic rings. The Morgan fingerprint density at radius 2 is 2.00 bits per heavy atom. The summed E-state index contributed by atoms with van der Waals surface area (Å²) in [6, 6.07) is 10.1. The molecular weight excluding hydrogens is 238 g/mol. The van der Waals surface area contributed by atoms with Crippen molar-refractivity contribution in [2.45, 2.75) is 33.7 Å². The summed E-state index contributed by atoms with van der Waals surface area (Å²) >= 11 is 0. The van der Waals surface area contributed by atoms with E-state index in [1.807, 2.05) is 49.6 Å². The van der Waals surface area contributed by atoms with Gasteiger partial charge in [0.05, 0.1) is 0 Å². The van der Waals surface area contributed by atoms with Crippen LogP contribution < -0.4 is 0 Å². The van der Waals surface area contributed by atoms with Crippen molar-refractivity contribution < 1.29 is 9.90 Å². The minimum absolute atomic E-state index is 0.418. The highest BCUT2D eigenvalue weighted by Gasteiger charge is 2.17. The van der Waals surface area contributed by atoms with E-state index in [9.17, 15) is 9.90 Å². The summed E-state index contributed by atoms with van der Waals surface area (Å²) in [7, 11) is 0. The van der Waals surface area contributed by atoms with Crippen molar-refractivity contribution in [1.82, 2.24) is 4.57 Å². The summed E-state index contributed by atoms with van der Waals surface area (Å²) in [6.45, 7) is 6.59. The third kappa shape index (κ3) is 2.70. The summed E-state index contributed by atoms with van der Waals surface area (Å²) in [4.78, 5) is 11.5. The number of carboxylic acids is 1. The van der Waals surface area contributed by atoms with E-state index in [4.69, 9.17) is 0 Å². The van der Waals surface area contributed by atoms with Gasteiger partial charge >= 0.3 is 5.97 Å². The first-order valence-corrected chi connectivity index (χ1v) is 6.50. The van der Waals surface area contributed by atoms with Gasteiger partial charge in [-0.05, 0) is 37.5 Å². The maximum absolute atomic E-state index is 11.5. The topological polar surface area (TPSA) is 42.2 Å². The molecule has 19 heavy (non-hydrogen) atoms. The second kappa shape index (κ2) is 5.31. The summed E-state index contributed by atoms with van der Waals surface area (Å²) in [5.41, 5.74) is 4.63. The van der Waals surface area contributed by atoms with Crippen LogP contribution in [0.5, 0.6) is 0 Å². The number of aryl methyl sites for hydroxylation is 3. The smallest absolute Gasteiger partial charge is 0.352 e. The number of benzene rings is 1. The molecule has 3 nitrogen and oxygen atoms in total. The fourth-order valence-corrected chi connectivity index (χ4v) is 2.47. The minimum atomic E-state index is -0.849. The van der Waals surface area contributed by atoms with E-state index in [1.54, 1.807) is 0 Å². The van der Waals surface area contributed by atoms with Crippen LogP contribution in [0, 0.1) is 13.8 Å². The maximum Gasteiger partial charge on any atom is 0.352 e. The number of hydrogen-bond acceptors (Lipinski definition) is 1. The first kappa shape index (κ1) is 13.4. The second-order valence-corrected chi connectivity index (χ2v) is 4.89. The number of aromatic nitrogens is 1. The lowest BCUT2D eigenvalue weighted by Gasteiger charge is -2.10. The molecule has 2 aromatic rings. The van der Waals surface area contributed by atoms with Crippen molar-refractivity contribution in [3.05, 3.63) is 58.4 Å². The predicted molar refractivity (Wildman–Crippen MR) is 75.8 cm³/mol. The Morgan fingerprint density at radius 3 is 2.58 bits per heavy atom. The SMILES string of the molecule is CCc1cc(C)n(Cc2cccc(C)c2)c1C(=O)O. The molecule has 1 aromatic carbocycles. The predicted octanol–water partition coefficient (Wildman–Crippen LogP) is 3.41. The molecule has 0 radical (unpaired) electrons. The number of aromatic carboxylic acids is 1. The van der Waals surface area contributed by atoms with E-state index in [0.29, 0.717) is 12.2 Å². The van der Waals surface area contributed by atoms with Crippen molar-refractivity contribution in [2.24, 2.45) is 0 Å². The van der Waals surface area contributed by atoms with Crippen LogP contribution in [0.15, 0.2) is 30.3 Å². The number of rotatable bonds is 4. The molecule has 0 unspecified atom stereocenters. The summed E-state index contributed by atoms with van der Waals surface area (Å²) in [6.07, 6.45) is 0.739. The molecule has 0 amide bonds. The number of carbonyl (C=O) groups is 1. The van der Waals surface area contributed by atoms with Crippen LogP contribution in [0.3, 0.4) is 0 Å². The zero-order valence-electron chi connectivity index (χ0n) is 11.6. The molecule has 0 aliphatic heterocycles. The van der Waals surface area contributed by atoms with Gasteiger partial charge in [0.1, 0.15) is 5.69 Å². The van der Waals surface area contributed by atoms with Gasteiger partial charge in [-0.1, -0.05) is 36.8 Å². The zero-order valence-corrected chi connectivity index (χ0v) is 11.6. The monoisotopic (exact) mass is 257 g/mol. The highest BCUT2D eigenvalue weighted by Crippen LogP contribution is 2.19. The Kier molecular flexibility index (Phi) is 3.74. The van der Waals surface area contributed by atoms with E-state index in [0.717, 1.165) is 23.2 Å². The largest absolute Gasteiger partial charge is 0.477 e. The first-order chi connectivity index (χ1) is 9.02. The lowest BCUT2D eigenvalue weighted by molar-refractivity contribution is 0.0684. The first-order valence-electron chi connectivity index (χ1n) is 6.50. The van der Waals surface area contributed by atoms with Gasteiger partial charge in [0.2, 0.25) is 0 Å². The van der Waals surface area contributed by atoms with Gasteiger partial charge in [0, 0.05) is 12.2 Å². The normalized spacial score (nSPS) is 10.7. The van der Waals surface area contributed by atoms with Gasteiger partial charge in [-0.3, -0.25) is 0 Å². The van der Waals surface area contributed by atoms with Crippen molar-refractivity contribution in [3.63, 3.8) is 0 Å². The number of nitrogens with zero attached hydrogens (tertiary/aromatic N) is 1. The minimum Gasteiger partial charge on any atom is -0.477 e. The van der Waals surface area contributed by atoms with Crippen LogP contribution in [-0.4, -0.2) is 15.6 Å². The van der Waals surface area contributed by atoms with Crippen molar-refractivity contribution >= 4 is 5.97 Å². The molecule has 100 valence electrons. The molecule has 1 heterocycles. The van der Waals surface area contributed by atoms with Gasteiger partial charge in [0.15, 0.2) is 0 Å². The van der Waals surface area contributed by atoms with E-state index >= 15 is 0 Å². The molecule has 0 spiro atoms. The van der Waals surface area contributed by atoms with Crippen LogP contribution >= 0.6 is 0 Å². The Labute approximate surface area is 113 Å². The molecule has 1 N–H and O–H groups in total. The Morgan fingerprint density at radius 1 is 1.26 bits per heavy atom. The van der Waals surface area contributed by atoms with E-state index in [2.05, 4.69) is 6.07 Å². The molecule has 0 saturated heterocycles. The summed E-state index contributed by atoms with van der Waals surface area (Å²) in [5.74, 6) is -0.849. The lowest BCUT2D eigenvalue weighted by atomic mass is 10.1. The molecule has 2 rings (SSSR count). The van der Waals surface area contributed by atoms with Gasteiger partial charge in [-0.25, -0.2) is 4.79 Å². The summed E-state index contributed by atoms with van der Waals surface area (Å²) in [5, 5.41) is 9.40. The third-order valence-corrected chi connectivity index (χ3v) is 3.39. The molecular formula is C16H19NO2. The molecule has 0 bridgehead atoms. The Hall–Kier alpha value is -2.03. The molecule has 0 saturated carbocycles. The highest BCUT2D eigenvalue weighted by molar-refractivity contribution is 5.88. The van der Waals surface area contributed by atoms with Crippen molar-refractivity contribution in [1.29, 1.82) is 0 Å². The van der Waals surface area contributed by atoms with Crippen LogP contribution in [0.2, 0.25) is 0 Å². The molecule has 0 fully saturated rings. The van der Waals surface area contributed by atoms with Crippen LogP contribution in [0.4, 0.5) is 0 Å². The van der Waals surface area contributed by atoms with Crippen molar-refractivity contribution in [2.75, 3.05) is 0 Å². The molecule has 3 heteroatoms. The van der Waals surface area contributed by atoms with Crippen molar-refractivity contribution in [3.8, 4) is 0 Å². The van der Waals surface area contributed by atoms with E-state index in [-0.39, 0.29) is 0 Å². The standard InChI is InChI=1S/C16H19NO2/c1-4-14-9-12(3)17(15(14)16(18)19)10-13-7-5-6-11(2)8-13/h5-9H,4,10H2,1-3H3,(H,18,19). The number of carboxylic acid groups (broad SMARTS) is 1. The summed E-state index contributed by atoms with van der Waals surface area (Å²) < 4.78 is 1.88. The van der Waals surface area contributed by atoms with Crippen LogP contribution in [0.25, 0.3) is 0 Å². The molecule has 1 aromatic heterocycles. The molecule has 0 aliphatic carbocycles. The fourth-order valence-electron chi connectivity index (χ4n) is 2.47. The van der Waals surface area contributed by atoms with Gasteiger partial charge in [-0.15, -0.1) is 0 Å². The average molecular weight is 257 g/mol. The van der Waals surface area contributed by atoms with Gasteiger partial charge in [-0.2, -0.15) is 0 Å². The Balaban J connectivity index is 2.45. The molecule has 0 atom stereocenters. The van der Waals surface area contributed by atoms with Gasteiger partial charge < -0.3 is 9.67 Å². The lowest BCUT2D eigenvalue weighted by Crippen LogP contribution is -2.12. The van der Waals surface area contributed by atoms with Gasteiger partial charge in [0.25, 0.3) is 0 Å². The van der Waals surface area contributed by atoms with E-state index in [1.165, 1.54) is 5.56 Å². The zero-order chi connectivity index (χ0) is 14.0. The Bertz CT molecular complexity index is 611. The van der Waals surface area contributed by atoms with E-state index < -0.39 is 5.97 Å². The van der Waals surface area contributed by atoms with Crippen LogP contribution in [0.1, 0.15) is 39.8 Å². The third-order valence-electron chi connectivity index (χ3n) is 3.39.